The van der Waals surface area contributed by atoms with Crippen molar-refractivity contribution in [2.24, 2.45) is 0 Å². The van der Waals surface area contributed by atoms with E-state index < -0.39 is 0 Å². The first kappa shape index (κ1) is 12.5. The van der Waals surface area contributed by atoms with Crippen molar-refractivity contribution in [1.82, 2.24) is 5.32 Å². The van der Waals surface area contributed by atoms with E-state index in [4.69, 9.17) is 5.26 Å². The molecule has 0 atom stereocenters. The van der Waals surface area contributed by atoms with Crippen molar-refractivity contribution < 1.29 is 0 Å². The molecule has 0 radical (unpaired) electrons. The quantitative estimate of drug-likeness (QED) is 0.741. The SMILES string of the molecule is CCCNCCN(C)c1cccc(C#N)c1. The Morgan fingerprint density at radius 3 is 2.88 bits per heavy atom. The summed E-state index contributed by atoms with van der Waals surface area (Å²) in [6, 6.07) is 9.85. The summed E-state index contributed by atoms with van der Waals surface area (Å²) in [6.07, 6.45) is 1.16. The van der Waals surface area contributed by atoms with Crippen LogP contribution in [0.4, 0.5) is 5.69 Å². The summed E-state index contributed by atoms with van der Waals surface area (Å²) in [5, 5.41) is 12.2. The molecule has 0 amide bonds. The van der Waals surface area contributed by atoms with E-state index >= 15 is 0 Å². The normalized spacial score (nSPS) is 9.81. The van der Waals surface area contributed by atoms with E-state index in [-0.39, 0.29) is 0 Å². The van der Waals surface area contributed by atoms with Crippen molar-refractivity contribution in [3.63, 3.8) is 0 Å². The van der Waals surface area contributed by atoms with Gasteiger partial charge < -0.3 is 10.2 Å². The lowest BCUT2D eigenvalue weighted by Gasteiger charge is -2.19. The van der Waals surface area contributed by atoms with E-state index in [0.29, 0.717) is 5.56 Å². The van der Waals surface area contributed by atoms with E-state index in [9.17, 15) is 0 Å². The molecule has 16 heavy (non-hydrogen) atoms. The van der Waals surface area contributed by atoms with Crippen LogP contribution in [0.25, 0.3) is 0 Å². The fourth-order valence-corrected chi connectivity index (χ4v) is 1.49. The Morgan fingerprint density at radius 1 is 1.38 bits per heavy atom. The molecule has 1 aromatic rings. The van der Waals surface area contributed by atoms with Crippen LogP contribution in [-0.4, -0.2) is 26.7 Å². The van der Waals surface area contributed by atoms with Crippen LogP contribution in [0.3, 0.4) is 0 Å². The van der Waals surface area contributed by atoms with Crippen LogP contribution in [0.1, 0.15) is 18.9 Å². The minimum Gasteiger partial charge on any atom is -0.373 e. The smallest absolute Gasteiger partial charge is 0.0992 e. The van der Waals surface area contributed by atoms with Gasteiger partial charge in [-0.25, -0.2) is 0 Å². The van der Waals surface area contributed by atoms with Gasteiger partial charge >= 0.3 is 0 Å². The first-order valence-corrected chi connectivity index (χ1v) is 5.70. The van der Waals surface area contributed by atoms with Gasteiger partial charge in [0.15, 0.2) is 0 Å². The highest BCUT2D eigenvalue weighted by atomic mass is 15.1. The summed E-state index contributed by atoms with van der Waals surface area (Å²) in [5.41, 5.74) is 1.81. The van der Waals surface area contributed by atoms with Crippen molar-refractivity contribution in [1.29, 1.82) is 5.26 Å². The highest BCUT2D eigenvalue weighted by Crippen LogP contribution is 2.13. The van der Waals surface area contributed by atoms with Gasteiger partial charge in [0.2, 0.25) is 0 Å². The molecule has 3 heteroatoms. The summed E-state index contributed by atoms with van der Waals surface area (Å²) in [5.74, 6) is 0. The summed E-state index contributed by atoms with van der Waals surface area (Å²) in [4.78, 5) is 2.16. The van der Waals surface area contributed by atoms with Crippen molar-refractivity contribution in [2.75, 3.05) is 31.6 Å². The summed E-state index contributed by atoms with van der Waals surface area (Å²) < 4.78 is 0. The predicted octanol–water partition coefficient (Wildman–Crippen LogP) is 1.99. The van der Waals surface area contributed by atoms with Gasteiger partial charge in [0.25, 0.3) is 0 Å². The average Bonchev–Trinajstić information content (AvgIpc) is 2.34. The van der Waals surface area contributed by atoms with E-state index in [1.54, 1.807) is 0 Å². The van der Waals surface area contributed by atoms with Gasteiger partial charge in [-0.15, -0.1) is 0 Å². The van der Waals surface area contributed by atoms with Gasteiger partial charge in [0, 0.05) is 25.8 Å². The molecule has 0 unspecified atom stereocenters. The highest BCUT2D eigenvalue weighted by Gasteiger charge is 2.00. The molecule has 0 aliphatic rings. The number of likely N-dealkylation sites (N-methyl/N-ethyl adjacent to an activating group) is 1. The van der Waals surface area contributed by atoms with Crippen LogP contribution < -0.4 is 10.2 Å². The van der Waals surface area contributed by atoms with E-state index in [0.717, 1.165) is 31.7 Å². The lowest BCUT2D eigenvalue weighted by atomic mass is 10.2. The third kappa shape index (κ3) is 3.92. The standard InChI is InChI=1S/C13H19N3/c1-3-7-15-8-9-16(2)13-6-4-5-12(10-13)11-14/h4-6,10,15H,3,7-9H2,1-2H3. The number of anilines is 1. The first-order chi connectivity index (χ1) is 7.77. The number of benzene rings is 1. The molecule has 0 aliphatic carbocycles. The van der Waals surface area contributed by atoms with Gasteiger partial charge in [0.05, 0.1) is 11.6 Å². The van der Waals surface area contributed by atoms with E-state index in [1.165, 1.54) is 0 Å². The van der Waals surface area contributed by atoms with E-state index in [1.807, 2.05) is 31.3 Å². The molecule has 0 fully saturated rings. The molecule has 0 bridgehead atoms. The molecule has 0 aliphatic heterocycles. The molecule has 1 rings (SSSR count). The number of nitriles is 1. The Kier molecular flexibility index (Phi) is 5.38. The summed E-state index contributed by atoms with van der Waals surface area (Å²) >= 11 is 0. The van der Waals surface area contributed by atoms with Crippen molar-refractivity contribution in [3.8, 4) is 6.07 Å². The second kappa shape index (κ2) is 6.86. The Balaban J connectivity index is 2.46. The maximum absolute atomic E-state index is 8.81. The van der Waals surface area contributed by atoms with Gasteiger partial charge in [-0.1, -0.05) is 13.0 Å². The zero-order valence-electron chi connectivity index (χ0n) is 10.0. The van der Waals surface area contributed by atoms with Crippen LogP contribution in [0, 0.1) is 11.3 Å². The fraction of sp³-hybridized carbons (Fsp3) is 0.462. The van der Waals surface area contributed by atoms with Crippen LogP contribution in [0.15, 0.2) is 24.3 Å². The number of nitrogens with zero attached hydrogens (tertiary/aromatic N) is 2. The van der Waals surface area contributed by atoms with Gasteiger partial charge in [0.1, 0.15) is 0 Å². The Morgan fingerprint density at radius 2 is 2.19 bits per heavy atom. The molecule has 0 saturated heterocycles. The maximum Gasteiger partial charge on any atom is 0.0992 e. The number of nitrogens with one attached hydrogen (secondary N) is 1. The summed E-state index contributed by atoms with van der Waals surface area (Å²) in [6.45, 7) is 5.15. The van der Waals surface area contributed by atoms with Gasteiger partial charge in [-0.2, -0.15) is 5.26 Å². The molecule has 0 heterocycles. The fourth-order valence-electron chi connectivity index (χ4n) is 1.49. The largest absolute Gasteiger partial charge is 0.373 e. The third-order valence-corrected chi connectivity index (χ3v) is 2.47. The molecule has 86 valence electrons. The molecule has 0 aromatic heterocycles. The van der Waals surface area contributed by atoms with Gasteiger partial charge in [-0.05, 0) is 31.2 Å². The maximum atomic E-state index is 8.81. The van der Waals surface area contributed by atoms with Crippen LogP contribution in [-0.2, 0) is 0 Å². The Labute approximate surface area is 97.7 Å². The molecule has 1 aromatic carbocycles. The average molecular weight is 217 g/mol. The molecule has 0 spiro atoms. The summed E-state index contributed by atoms with van der Waals surface area (Å²) in [7, 11) is 2.05. The number of rotatable bonds is 6. The first-order valence-electron chi connectivity index (χ1n) is 5.70. The lowest BCUT2D eigenvalue weighted by molar-refractivity contribution is 0.666. The molecule has 3 nitrogen and oxygen atoms in total. The van der Waals surface area contributed by atoms with Gasteiger partial charge in [-0.3, -0.25) is 0 Å². The zero-order valence-corrected chi connectivity index (χ0v) is 10.0. The topological polar surface area (TPSA) is 39.1 Å². The zero-order chi connectivity index (χ0) is 11.8. The third-order valence-electron chi connectivity index (χ3n) is 2.47. The molecular weight excluding hydrogens is 198 g/mol. The number of hydrogen-bond donors (Lipinski definition) is 1. The van der Waals surface area contributed by atoms with Crippen molar-refractivity contribution in [2.45, 2.75) is 13.3 Å². The predicted molar refractivity (Wildman–Crippen MR) is 67.6 cm³/mol. The highest BCUT2D eigenvalue weighted by molar-refractivity contribution is 5.50. The second-order valence-corrected chi connectivity index (χ2v) is 3.83. The van der Waals surface area contributed by atoms with Crippen LogP contribution >= 0.6 is 0 Å². The van der Waals surface area contributed by atoms with Crippen LogP contribution in [0.5, 0.6) is 0 Å². The molecule has 0 saturated carbocycles. The Hall–Kier alpha value is -1.53. The number of hydrogen-bond acceptors (Lipinski definition) is 3. The molecule has 1 N–H and O–H groups in total. The van der Waals surface area contributed by atoms with Crippen LogP contribution in [0.2, 0.25) is 0 Å². The minimum atomic E-state index is 0.714. The van der Waals surface area contributed by atoms with E-state index in [2.05, 4.69) is 23.2 Å². The minimum absolute atomic E-state index is 0.714. The van der Waals surface area contributed by atoms with Crippen molar-refractivity contribution >= 4 is 5.69 Å². The molecular formula is C13H19N3. The Bertz CT molecular complexity index is 354. The monoisotopic (exact) mass is 217 g/mol. The second-order valence-electron chi connectivity index (χ2n) is 3.83. The lowest BCUT2D eigenvalue weighted by Crippen LogP contribution is -2.29. The van der Waals surface area contributed by atoms with Crippen molar-refractivity contribution in [3.05, 3.63) is 29.8 Å².